The van der Waals surface area contributed by atoms with Gasteiger partial charge in [0, 0.05) is 39.0 Å². The fourth-order valence-electron chi connectivity index (χ4n) is 1.73. The Morgan fingerprint density at radius 2 is 1.60 bits per heavy atom. The molecule has 0 N–H and O–H groups in total. The molecule has 86 valence electrons. The lowest BCUT2D eigenvalue weighted by Crippen LogP contribution is -2.51. The van der Waals surface area contributed by atoms with Crippen LogP contribution in [0.25, 0.3) is 0 Å². The van der Waals surface area contributed by atoms with Crippen molar-refractivity contribution in [3.05, 3.63) is 0 Å². The summed E-state index contributed by atoms with van der Waals surface area (Å²) in [6.45, 7) is 8.28. The smallest absolute Gasteiger partial charge is 0.225 e. The molecule has 1 aliphatic heterocycles. The summed E-state index contributed by atoms with van der Waals surface area (Å²) in [6, 6.07) is 0. The third-order valence-electron chi connectivity index (χ3n) is 3.07. The first-order chi connectivity index (χ1) is 7.06. The van der Waals surface area contributed by atoms with Crippen molar-refractivity contribution in [1.82, 2.24) is 9.80 Å². The second-order valence-electron chi connectivity index (χ2n) is 4.14. The zero-order valence-electron chi connectivity index (χ0n) is 9.82. The van der Waals surface area contributed by atoms with Crippen LogP contribution >= 0.6 is 0 Å². The summed E-state index contributed by atoms with van der Waals surface area (Å²) in [4.78, 5) is 26.6. The van der Waals surface area contributed by atoms with E-state index in [1.165, 1.54) is 0 Å². The van der Waals surface area contributed by atoms with Crippen LogP contribution in [0.1, 0.15) is 27.2 Å². The number of nitrogens with zero attached hydrogens (tertiary/aromatic N) is 2. The van der Waals surface area contributed by atoms with E-state index in [0.29, 0.717) is 26.2 Å². The van der Waals surface area contributed by atoms with E-state index in [9.17, 15) is 9.59 Å². The summed E-state index contributed by atoms with van der Waals surface area (Å²) in [5.41, 5.74) is 0. The lowest BCUT2D eigenvalue weighted by molar-refractivity contribution is -0.141. The van der Waals surface area contributed by atoms with Crippen LogP contribution in [0.15, 0.2) is 0 Å². The number of carbonyl (C=O) groups is 2. The van der Waals surface area contributed by atoms with Crippen LogP contribution in [0.5, 0.6) is 0 Å². The van der Waals surface area contributed by atoms with Crippen molar-refractivity contribution in [1.29, 1.82) is 0 Å². The SMILES string of the molecule is CCC(C)C(=O)N1CCN(C(C)=O)CC1. The molecule has 15 heavy (non-hydrogen) atoms. The van der Waals surface area contributed by atoms with Crippen LogP contribution in [-0.4, -0.2) is 47.8 Å². The van der Waals surface area contributed by atoms with Crippen LogP contribution < -0.4 is 0 Å². The second kappa shape index (κ2) is 5.14. The number of carbonyl (C=O) groups excluding carboxylic acids is 2. The molecule has 4 nitrogen and oxygen atoms in total. The predicted molar refractivity (Wildman–Crippen MR) is 58.3 cm³/mol. The van der Waals surface area contributed by atoms with E-state index in [4.69, 9.17) is 0 Å². The summed E-state index contributed by atoms with van der Waals surface area (Å²) in [5, 5.41) is 0. The molecular weight excluding hydrogens is 192 g/mol. The molecule has 0 radical (unpaired) electrons. The van der Waals surface area contributed by atoms with Crippen LogP contribution in [0.4, 0.5) is 0 Å². The largest absolute Gasteiger partial charge is 0.339 e. The summed E-state index contributed by atoms with van der Waals surface area (Å²) in [5.74, 6) is 0.431. The van der Waals surface area contributed by atoms with Crippen LogP contribution in [0, 0.1) is 5.92 Å². The molecule has 0 aliphatic carbocycles. The quantitative estimate of drug-likeness (QED) is 0.677. The van der Waals surface area contributed by atoms with Crippen LogP contribution in [0.2, 0.25) is 0 Å². The van der Waals surface area contributed by atoms with Gasteiger partial charge in [0.15, 0.2) is 0 Å². The third kappa shape index (κ3) is 2.94. The maximum atomic E-state index is 11.8. The Kier molecular flexibility index (Phi) is 4.12. The minimum atomic E-state index is 0.102. The maximum Gasteiger partial charge on any atom is 0.225 e. The van der Waals surface area contributed by atoms with Gasteiger partial charge in [0.2, 0.25) is 11.8 Å². The maximum absolute atomic E-state index is 11.8. The Morgan fingerprint density at radius 3 is 2.00 bits per heavy atom. The molecule has 0 aromatic rings. The number of amides is 2. The molecule has 1 atom stereocenters. The zero-order chi connectivity index (χ0) is 11.4. The van der Waals surface area contributed by atoms with E-state index in [0.717, 1.165) is 6.42 Å². The monoisotopic (exact) mass is 212 g/mol. The van der Waals surface area contributed by atoms with E-state index in [-0.39, 0.29) is 17.7 Å². The summed E-state index contributed by atoms with van der Waals surface area (Å²) in [6.07, 6.45) is 0.881. The van der Waals surface area contributed by atoms with Gasteiger partial charge >= 0.3 is 0 Å². The van der Waals surface area contributed by atoms with Gasteiger partial charge in [-0.2, -0.15) is 0 Å². The molecule has 0 aromatic heterocycles. The Bertz CT molecular complexity index is 245. The topological polar surface area (TPSA) is 40.6 Å². The molecule has 1 heterocycles. The summed E-state index contributed by atoms with van der Waals surface area (Å²) in [7, 11) is 0. The summed E-state index contributed by atoms with van der Waals surface area (Å²) >= 11 is 0. The molecule has 4 heteroatoms. The van der Waals surface area contributed by atoms with Gasteiger partial charge in [0.25, 0.3) is 0 Å². The Morgan fingerprint density at radius 1 is 1.13 bits per heavy atom. The van der Waals surface area contributed by atoms with Gasteiger partial charge in [0.1, 0.15) is 0 Å². The number of piperazine rings is 1. The first-order valence-electron chi connectivity index (χ1n) is 5.60. The average Bonchev–Trinajstić information content (AvgIpc) is 2.27. The fourth-order valence-corrected chi connectivity index (χ4v) is 1.73. The van der Waals surface area contributed by atoms with Crippen molar-refractivity contribution in [3.8, 4) is 0 Å². The molecule has 1 fully saturated rings. The fraction of sp³-hybridized carbons (Fsp3) is 0.818. The minimum Gasteiger partial charge on any atom is -0.339 e. The molecule has 2 amide bonds. The zero-order valence-corrected chi connectivity index (χ0v) is 9.82. The Hall–Kier alpha value is -1.06. The molecule has 1 aliphatic rings. The van der Waals surface area contributed by atoms with E-state index >= 15 is 0 Å². The first kappa shape index (κ1) is 12.0. The molecule has 0 bridgehead atoms. The second-order valence-corrected chi connectivity index (χ2v) is 4.14. The van der Waals surface area contributed by atoms with Crippen LogP contribution in [0.3, 0.4) is 0 Å². The third-order valence-corrected chi connectivity index (χ3v) is 3.07. The normalized spacial score (nSPS) is 18.9. The average molecular weight is 212 g/mol. The van der Waals surface area contributed by atoms with Gasteiger partial charge in [0.05, 0.1) is 0 Å². The van der Waals surface area contributed by atoms with Crippen LogP contribution in [-0.2, 0) is 9.59 Å². The van der Waals surface area contributed by atoms with E-state index in [1.54, 1.807) is 11.8 Å². The van der Waals surface area contributed by atoms with Gasteiger partial charge in [-0.1, -0.05) is 13.8 Å². The van der Waals surface area contributed by atoms with E-state index < -0.39 is 0 Å². The molecule has 1 rings (SSSR count). The number of hydrogen-bond donors (Lipinski definition) is 0. The molecule has 0 saturated carbocycles. The highest BCUT2D eigenvalue weighted by Crippen LogP contribution is 2.09. The highest BCUT2D eigenvalue weighted by Gasteiger charge is 2.24. The van der Waals surface area contributed by atoms with Gasteiger partial charge in [-0.25, -0.2) is 0 Å². The highest BCUT2D eigenvalue weighted by atomic mass is 16.2. The first-order valence-corrected chi connectivity index (χ1v) is 5.60. The Labute approximate surface area is 91.2 Å². The molecular formula is C11H20N2O2. The van der Waals surface area contributed by atoms with Gasteiger partial charge < -0.3 is 9.80 Å². The van der Waals surface area contributed by atoms with Crippen molar-refractivity contribution in [2.45, 2.75) is 27.2 Å². The van der Waals surface area contributed by atoms with E-state index in [1.807, 2.05) is 18.7 Å². The standard InChI is InChI=1S/C11H20N2O2/c1-4-9(2)11(15)13-7-5-12(6-8-13)10(3)14/h9H,4-8H2,1-3H3. The van der Waals surface area contributed by atoms with Crippen molar-refractivity contribution in [3.63, 3.8) is 0 Å². The lowest BCUT2D eigenvalue weighted by Gasteiger charge is -2.35. The van der Waals surface area contributed by atoms with Crippen molar-refractivity contribution in [2.75, 3.05) is 26.2 Å². The number of hydrogen-bond acceptors (Lipinski definition) is 2. The van der Waals surface area contributed by atoms with Gasteiger partial charge in [-0.05, 0) is 6.42 Å². The highest BCUT2D eigenvalue weighted by molar-refractivity contribution is 5.79. The molecule has 1 unspecified atom stereocenters. The molecule has 1 saturated heterocycles. The summed E-state index contributed by atoms with van der Waals surface area (Å²) < 4.78 is 0. The Balaban J connectivity index is 2.43. The van der Waals surface area contributed by atoms with Gasteiger partial charge in [-0.15, -0.1) is 0 Å². The lowest BCUT2D eigenvalue weighted by atomic mass is 10.1. The van der Waals surface area contributed by atoms with Crippen molar-refractivity contribution >= 4 is 11.8 Å². The van der Waals surface area contributed by atoms with Gasteiger partial charge in [-0.3, -0.25) is 9.59 Å². The van der Waals surface area contributed by atoms with Crippen molar-refractivity contribution in [2.24, 2.45) is 5.92 Å². The predicted octanol–water partition coefficient (Wildman–Crippen LogP) is 0.723. The molecule has 0 spiro atoms. The minimum absolute atomic E-state index is 0.102. The number of rotatable bonds is 2. The molecule has 0 aromatic carbocycles. The van der Waals surface area contributed by atoms with Crippen molar-refractivity contribution < 1.29 is 9.59 Å². The van der Waals surface area contributed by atoms with E-state index in [2.05, 4.69) is 0 Å².